The Balaban J connectivity index is 2.27. The lowest BCUT2D eigenvalue weighted by Crippen LogP contribution is -2.54. The highest BCUT2D eigenvalue weighted by atomic mass is 32.2. The summed E-state index contributed by atoms with van der Waals surface area (Å²) in [4.78, 5) is 23.3. The van der Waals surface area contributed by atoms with E-state index in [-0.39, 0.29) is 22.4 Å². The Bertz CT molecular complexity index is 327. The number of rotatable bonds is 2. The molecule has 0 spiro atoms. The number of aliphatic carboxylic acids is 1. The third-order valence-corrected chi connectivity index (χ3v) is 3.49. The first-order valence-electron chi connectivity index (χ1n) is 4.09. The normalized spacial score (nSPS) is 30.5. The van der Waals surface area contributed by atoms with Crippen LogP contribution in [0, 0.1) is 0 Å². The molecule has 1 unspecified atom stereocenters. The van der Waals surface area contributed by atoms with E-state index < -0.39 is 5.97 Å². The van der Waals surface area contributed by atoms with Crippen molar-refractivity contribution < 1.29 is 19.4 Å². The van der Waals surface area contributed by atoms with Crippen LogP contribution in [0.2, 0.25) is 0 Å². The van der Waals surface area contributed by atoms with Gasteiger partial charge < -0.3 is 9.84 Å². The molecule has 2 aliphatic rings. The lowest BCUT2D eigenvalue weighted by atomic mass is 10.1. The molecule has 1 saturated heterocycles. The van der Waals surface area contributed by atoms with E-state index in [4.69, 9.17) is 9.84 Å². The molecule has 1 fully saturated rings. The molecular formula is C8H9NO4S. The number of carbonyl (C=O) groups excluding carboxylic acids is 1. The van der Waals surface area contributed by atoms with Crippen LogP contribution >= 0.6 is 11.8 Å². The summed E-state index contributed by atoms with van der Waals surface area (Å²) in [5.74, 6) is -1.21. The summed E-state index contributed by atoms with van der Waals surface area (Å²) < 4.78 is 5.04. The standard InChI is InChI=1S/C8H9NO4S/c1-13-7-2-4(8(11)12)9-5(10)3-6(9)14-7/h2,6-7H,3H2,1H3,(H,11,12)/t6-,7?/m1/s1. The molecular weight excluding hydrogens is 206 g/mol. The van der Waals surface area contributed by atoms with Gasteiger partial charge in [-0.25, -0.2) is 4.79 Å². The van der Waals surface area contributed by atoms with Crippen molar-refractivity contribution in [3.05, 3.63) is 11.8 Å². The van der Waals surface area contributed by atoms with Gasteiger partial charge in [-0.2, -0.15) is 0 Å². The molecule has 1 amide bonds. The molecule has 2 heterocycles. The van der Waals surface area contributed by atoms with Crippen LogP contribution in [0.5, 0.6) is 0 Å². The second kappa shape index (κ2) is 3.29. The monoisotopic (exact) mass is 215 g/mol. The maximum Gasteiger partial charge on any atom is 0.352 e. The second-order valence-electron chi connectivity index (χ2n) is 3.02. The summed E-state index contributed by atoms with van der Waals surface area (Å²) in [6.45, 7) is 0. The fraction of sp³-hybridized carbons (Fsp3) is 0.500. The number of carbonyl (C=O) groups is 2. The van der Waals surface area contributed by atoms with E-state index in [0.29, 0.717) is 6.42 Å². The highest BCUT2D eigenvalue weighted by Gasteiger charge is 2.45. The molecule has 2 aliphatic heterocycles. The Labute approximate surface area is 84.7 Å². The number of thioether (sulfide) groups is 1. The Morgan fingerprint density at radius 2 is 2.50 bits per heavy atom. The maximum absolute atomic E-state index is 11.1. The Morgan fingerprint density at radius 1 is 1.79 bits per heavy atom. The van der Waals surface area contributed by atoms with Gasteiger partial charge in [0.05, 0.1) is 11.8 Å². The van der Waals surface area contributed by atoms with E-state index in [0.717, 1.165) is 0 Å². The number of methoxy groups -OCH3 is 1. The van der Waals surface area contributed by atoms with E-state index in [1.807, 2.05) is 0 Å². The lowest BCUT2D eigenvalue weighted by Gasteiger charge is -2.43. The number of β-lactam (4-membered cyclic amide) rings is 1. The fourth-order valence-electron chi connectivity index (χ4n) is 1.49. The summed E-state index contributed by atoms with van der Waals surface area (Å²) >= 11 is 1.45. The molecule has 0 saturated carbocycles. The van der Waals surface area contributed by atoms with E-state index in [2.05, 4.69) is 0 Å². The van der Waals surface area contributed by atoms with E-state index in [9.17, 15) is 9.59 Å². The minimum absolute atomic E-state index is 0.0388. The van der Waals surface area contributed by atoms with Crippen LogP contribution in [-0.2, 0) is 14.3 Å². The summed E-state index contributed by atoms with van der Waals surface area (Å²) in [6.07, 6.45) is 1.86. The first-order valence-corrected chi connectivity index (χ1v) is 5.03. The third-order valence-electron chi connectivity index (χ3n) is 2.20. The van der Waals surface area contributed by atoms with Crippen molar-refractivity contribution >= 4 is 23.6 Å². The maximum atomic E-state index is 11.1. The molecule has 0 aromatic heterocycles. The van der Waals surface area contributed by atoms with Gasteiger partial charge >= 0.3 is 5.97 Å². The van der Waals surface area contributed by atoms with Gasteiger partial charge in [0.25, 0.3) is 0 Å². The molecule has 0 aromatic carbocycles. The largest absolute Gasteiger partial charge is 0.477 e. The Kier molecular flexibility index (Phi) is 2.24. The molecule has 6 heteroatoms. The number of nitrogens with zero attached hydrogens (tertiary/aromatic N) is 1. The van der Waals surface area contributed by atoms with E-state index >= 15 is 0 Å². The molecule has 2 atom stereocenters. The smallest absolute Gasteiger partial charge is 0.352 e. The number of fused-ring (bicyclic) bond motifs is 1. The van der Waals surface area contributed by atoms with Gasteiger partial charge in [0, 0.05) is 7.11 Å². The predicted octanol–water partition coefficient (Wildman–Crippen LogP) is 0.233. The highest BCUT2D eigenvalue weighted by Crippen LogP contribution is 2.40. The van der Waals surface area contributed by atoms with Gasteiger partial charge in [-0.15, -0.1) is 11.8 Å². The predicted molar refractivity (Wildman–Crippen MR) is 49.4 cm³/mol. The van der Waals surface area contributed by atoms with Gasteiger partial charge in [0.15, 0.2) is 0 Å². The summed E-state index contributed by atoms with van der Waals surface area (Å²) in [5, 5.41) is 8.80. The van der Waals surface area contributed by atoms with Crippen molar-refractivity contribution in [1.29, 1.82) is 0 Å². The zero-order chi connectivity index (χ0) is 10.3. The van der Waals surface area contributed by atoms with Crippen LogP contribution in [0.3, 0.4) is 0 Å². The van der Waals surface area contributed by atoms with E-state index in [1.165, 1.54) is 29.8 Å². The third kappa shape index (κ3) is 1.31. The molecule has 0 bridgehead atoms. The molecule has 76 valence electrons. The highest BCUT2D eigenvalue weighted by molar-refractivity contribution is 8.00. The average molecular weight is 215 g/mol. The van der Waals surface area contributed by atoms with E-state index in [1.54, 1.807) is 0 Å². The fourth-order valence-corrected chi connectivity index (χ4v) is 2.71. The first kappa shape index (κ1) is 9.54. The van der Waals surface area contributed by atoms with Crippen LogP contribution in [0.4, 0.5) is 0 Å². The second-order valence-corrected chi connectivity index (χ2v) is 4.30. The van der Waals surface area contributed by atoms with Crippen LogP contribution in [0.1, 0.15) is 6.42 Å². The lowest BCUT2D eigenvalue weighted by molar-refractivity contribution is -0.146. The van der Waals surface area contributed by atoms with Gasteiger partial charge in [-0.05, 0) is 6.08 Å². The number of ether oxygens (including phenoxy) is 1. The molecule has 0 aromatic rings. The number of amides is 1. The summed E-state index contributed by atoms with van der Waals surface area (Å²) in [6, 6.07) is 0. The van der Waals surface area contributed by atoms with Crippen molar-refractivity contribution in [3.63, 3.8) is 0 Å². The van der Waals surface area contributed by atoms with Gasteiger partial charge in [0.2, 0.25) is 5.91 Å². The quantitative estimate of drug-likeness (QED) is 0.668. The summed E-state index contributed by atoms with van der Waals surface area (Å²) in [5.41, 5.74) is -0.229. The molecule has 5 nitrogen and oxygen atoms in total. The zero-order valence-electron chi connectivity index (χ0n) is 7.47. The Hall–Kier alpha value is -1.01. The van der Waals surface area contributed by atoms with Crippen LogP contribution in [0.15, 0.2) is 11.8 Å². The minimum atomic E-state index is -1.08. The van der Waals surface area contributed by atoms with Crippen molar-refractivity contribution in [2.24, 2.45) is 0 Å². The van der Waals surface area contributed by atoms with Crippen molar-refractivity contribution in [3.8, 4) is 0 Å². The van der Waals surface area contributed by atoms with Crippen LogP contribution in [0.25, 0.3) is 0 Å². The number of hydrogen-bond acceptors (Lipinski definition) is 4. The first-order chi connectivity index (χ1) is 6.63. The topological polar surface area (TPSA) is 66.8 Å². The Morgan fingerprint density at radius 3 is 3.00 bits per heavy atom. The molecule has 0 radical (unpaired) electrons. The van der Waals surface area contributed by atoms with Gasteiger partial charge in [0.1, 0.15) is 11.1 Å². The van der Waals surface area contributed by atoms with Crippen molar-refractivity contribution in [1.82, 2.24) is 4.90 Å². The molecule has 0 aliphatic carbocycles. The average Bonchev–Trinajstić information content (AvgIpc) is 2.14. The minimum Gasteiger partial charge on any atom is -0.477 e. The SMILES string of the molecule is COC1C=C(C(=O)O)N2C(=O)C[C@H]2S1. The van der Waals surface area contributed by atoms with Crippen molar-refractivity contribution in [2.45, 2.75) is 17.2 Å². The van der Waals surface area contributed by atoms with Crippen molar-refractivity contribution in [2.75, 3.05) is 7.11 Å². The zero-order valence-corrected chi connectivity index (χ0v) is 8.28. The molecule has 2 rings (SSSR count). The number of hydrogen-bond donors (Lipinski definition) is 1. The van der Waals surface area contributed by atoms with Gasteiger partial charge in [-0.1, -0.05) is 0 Å². The summed E-state index contributed by atoms with van der Waals surface area (Å²) in [7, 11) is 1.52. The van der Waals surface area contributed by atoms with Gasteiger partial charge in [-0.3, -0.25) is 9.69 Å². The number of carboxylic acid groups (broad SMARTS) is 1. The van der Waals surface area contributed by atoms with Crippen LogP contribution < -0.4 is 0 Å². The molecule has 1 N–H and O–H groups in total. The van der Waals surface area contributed by atoms with Crippen LogP contribution in [-0.4, -0.2) is 39.8 Å². The molecule has 14 heavy (non-hydrogen) atoms. The number of carboxylic acids is 1.